The van der Waals surface area contributed by atoms with Crippen LogP contribution in [0.15, 0.2) is 48.0 Å². The van der Waals surface area contributed by atoms with Crippen molar-refractivity contribution in [2.24, 2.45) is 0 Å². The minimum absolute atomic E-state index is 0.0366. The zero-order valence-corrected chi connectivity index (χ0v) is 22.1. The van der Waals surface area contributed by atoms with Gasteiger partial charge in [-0.3, -0.25) is 9.59 Å². The number of carbonyl (C=O) groups is 2. The summed E-state index contributed by atoms with van der Waals surface area (Å²) in [5.74, 6) is -1.05. The number of aliphatic hydroxyl groups excluding tert-OH is 1. The number of benzene rings is 2. The van der Waals surface area contributed by atoms with E-state index in [1.807, 2.05) is 50.2 Å². The van der Waals surface area contributed by atoms with Crippen LogP contribution in [0.4, 0.5) is 0 Å². The average molecular weight is 499 g/mol. The van der Waals surface area contributed by atoms with Crippen molar-refractivity contribution in [3.8, 4) is 5.75 Å². The van der Waals surface area contributed by atoms with Crippen LogP contribution in [-0.2, 0) is 15.0 Å². The number of hydrogen-bond acceptors (Lipinski definition) is 5. The van der Waals surface area contributed by atoms with Crippen LogP contribution in [0.2, 0.25) is 5.02 Å². The van der Waals surface area contributed by atoms with E-state index in [0.717, 1.165) is 17.7 Å². The molecule has 3 rings (SSSR count). The topological polar surface area (TPSA) is 70.1 Å². The second kappa shape index (κ2) is 10.8. The van der Waals surface area contributed by atoms with Crippen molar-refractivity contribution in [3.05, 3.63) is 69.8 Å². The SMILES string of the molecule is CCOc1ccc(/C(O)=C2/C(=O)C(=O)N(CCCN(C)C)C2c2ccc(C(C)(C)C)cc2)cc1Cl. The Morgan fingerprint density at radius 2 is 1.77 bits per heavy atom. The first kappa shape index (κ1) is 26.8. The quantitative estimate of drug-likeness (QED) is 0.299. The fourth-order valence-corrected chi connectivity index (χ4v) is 4.49. The van der Waals surface area contributed by atoms with Gasteiger partial charge >= 0.3 is 0 Å². The van der Waals surface area contributed by atoms with Crippen molar-refractivity contribution in [2.75, 3.05) is 33.8 Å². The highest BCUT2D eigenvalue weighted by molar-refractivity contribution is 6.46. The lowest BCUT2D eigenvalue weighted by atomic mass is 9.85. The first-order valence-electron chi connectivity index (χ1n) is 11.9. The van der Waals surface area contributed by atoms with E-state index in [9.17, 15) is 14.7 Å². The molecule has 1 saturated heterocycles. The van der Waals surface area contributed by atoms with E-state index >= 15 is 0 Å². The summed E-state index contributed by atoms with van der Waals surface area (Å²) in [6.45, 7) is 9.87. The monoisotopic (exact) mass is 498 g/mol. The normalized spacial score (nSPS) is 17.9. The Bertz CT molecular complexity index is 1120. The Kier molecular flexibility index (Phi) is 8.29. The van der Waals surface area contributed by atoms with E-state index in [2.05, 4.69) is 20.8 Å². The number of rotatable bonds is 8. The molecule has 7 heteroatoms. The predicted octanol–water partition coefficient (Wildman–Crippen LogP) is 5.41. The molecule has 0 bridgehead atoms. The van der Waals surface area contributed by atoms with Crippen LogP contribution < -0.4 is 4.74 Å². The number of nitrogens with zero attached hydrogens (tertiary/aromatic N) is 2. The summed E-state index contributed by atoms with van der Waals surface area (Å²) in [7, 11) is 3.93. The van der Waals surface area contributed by atoms with Gasteiger partial charge < -0.3 is 19.6 Å². The van der Waals surface area contributed by atoms with Crippen molar-refractivity contribution in [1.82, 2.24) is 9.80 Å². The number of halogens is 1. The molecule has 6 nitrogen and oxygen atoms in total. The van der Waals surface area contributed by atoms with Gasteiger partial charge in [0.2, 0.25) is 0 Å². The summed E-state index contributed by atoms with van der Waals surface area (Å²) < 4.78 is 5.48. The molecule has 2 aromatic carbocycles. The highest BCUT2D eigenvalue weighted by Crippen LogP contribution is 2.41. The molecule has 0 aliphatic carbocycles. The van der Waals surface area contributed by atoms with Crippen LogP contribution in [0, 0.1) is 0 Å². The van der Waals surface area contributed by atoms with Crippen molar-refractivity contribution >= 4 is 29.1 Å². The Morgan fingerprint density at radius 3 is 2.31 bits per heavy atom. The molecule has 1 heterocycles. The molecular weight excluding hydrogens is 464 g/mol. The second-order valence-corrected chi connectivity index (χ2v) is 10.5. The summed E-state index contributed by atoms with van der Waals surface area (Å²) in [6, 6.07) is 12.1. The first-order valence-corrected chi connectivity index (χ1v) is 12.3. The molecule has 0 aromatic heterocycles. The van der Waals surface area contributed by atoms with E-state index in [-0.39, 0.29) is 16.7 Å². The predicted molar refractivity (Wildman–Crippen MR) is 140 cm³/mol. The number of aliphatic hydroxyl groups is 1. The molecule has 1 N–H and O–H groups in total. The van der Waals surface area contributed by atoms with E-state index in [1.165, 1.54) is 0 Å². The molecule has 2 aromatic rings. The second-order valence-electron chi connectivity index (χ2n) is 10.1. The standard InChI is InChI=1S/C28H35ClN2O4/c1-7-35-22-14-11-19(17-21(22)29)25(32)23-24(18-9-12-20(13-10-18)28(2,3)4)31(27(34)26(23)33)16-8-15-30(5)6/h9-14,17,24,32H,7-8,15-16H2,1-6H3/b25-23-. The summed E-state index contributed by atoms with van der Waals surface area (Å²) in [5, 5.41) is 11.6. The van der Waals surface area contributed by atoms with Gasteiger partial charge in [0.25, 0.3) is 11.7 Å². The lowest BCUT2D eigenvalue weighted by Gasteiger charge is -2.27. The van der Waals surface area contributed by atoms with E-state index < -0.39 is 17.7 Å². The van der Waals surface area contributed by atoms with Crippen molar-refractivity contribution < 1.29 is 19.4 Å². The van der Waals surface area contributed by atoms with Gasteiger partial charge in [-0.05, 0) is 68.7 Å². The minimum Gasteiger partial charge on any atom is -0.507 e. The third kappa shape index (κ3) is 5.88. The maximum absolute atomic E-state index is 13.2. The maximum atomic E-state index is 13.2. The molecule has 1 aliphatic rings. The Balaban J connectivity index is 2.10. The van der Waals surface area contributed by atoms with Crippen LogP contribution >= 0.6 is 11.6 Å². The van der Waals surface area contributed by atoms with Crippen LogP contribution in [0.5, 0.6) is 5.75 Å². The highest BCUT2D eigenvalue weighted by Gasteiger charge is 2.45. The van der Waals surface area contributed by atoms with Crippen LogP contribution in [0.1, 0.15) is 56.8 Å². The molecule has 188 valence electrons. The maximum Gasteiger partial charge on any atom is 0.295 e. The first-order chi connectivity index (χ1) is 16.5. The molecule has 1 atom stereocenters. The fourth-order valence-electron chi connectivity index (χ4n) is 4.26. The third-order valence-electron chi connectivity index (χ3n) is 6.14. The van der Waals surface area contributed by atoms with Crippen LogP contribution in [0.25, 0.3) is 5.76 Å². The lowest BCUT2D eigenvalue weighted by molar-refractivity contribution is -0.139. The van der Waals surface area contributed by atoms with Gasteiger partial charge in [0, 0.05) is 12.1 Å². The molecular formula is C28H35ClN2O4. The third-order valence-corrected chi connectivity index (χ3v) is 6.44. The number of likely N-dealkylation sites (tertiary alicyclic amines) is 1. The highest BCUT2D eigenvalue weighted by atomic mass is 35.5. The van der Waals surface area contributed by atoms with E-state index in [1.54, 1.807) is 23.1 Å². The number of hydrogen-bond donors (Lipinski definition) is 1. The minimum atomic E-state index is -0.692. The van der Waals surface area contributed by atoms with Crippen molar-refractivity contribution in [3.63, 3.8) is 0 Å². The molecule has 0 spiro atoms. The van der Waals surface area contributed by atoms with Gasteiger partial charge in [-0.25, -0.2) is 0 Å². The Morgan fingerprint density at radius 1 is 1.11 bits per heavy atom. The zero-order chi connectivity index (χ0) is 25.9. The summed E-state index contributed by atoms with van der Waals surface area (Å²) in [4.78, 5) is 29.9. The number of ether oxygens (including phenoxy) is 1. The lowest BCUT2D eigenvalue weighted by Crippen LogP contribution is -2.32. The van der Waals surface area contributed by atoms with E-state index in [0.29, 0.717) is 35.9 Å². The molecule has 35 heavy (non-hydrogen) atoms. The number of carbonyl (C=O) groups excluding carboxylic acids is 2. The van der Waals surface area contributed by atoms with Crippen molar-refractivity contribution in [1.29, 1.82) is 0 Å². The van der Waals surface area contributed by atoms with Gasteiger partial charge in [-0.15, -0.1) is 0 Å². The van der Waals surface area contributed by atoms with Gasteiger partial charge in [-0.1, -0.05) is 56.6 Å². The van der Waals surface area contributed by atoms with Crippen molar-refractivity contribution in [2.45, 2.75) is 45.6 Å². The summed E-state index contributed by atoms with van der Waals surface area (Å²) in [6.07, 6.45) is 0.700. The van der Waals surface area contributed by atoms with Gasteiger partial charge in [0.15, 0.2) is 0 Å². The van der Waals surface area contributed by atoms with Gasteiger partial charge in [0.1, 0.15) is 11.5 Å². The van der Waals surface area contributed by atoms with Gasteiger partial charge in [-0.2, -0.15) is 0 Å². The van der Waals surface area contributed by atoms with Gasteiger partial charge in [0.05, 0.1) is 23.2 Å². The summed E-state index contributed by atoms with van der Waals surface area (Å²) >= 11 is 6.34. The number of ketones is 1. The smallest absolute Gasteiger partial charge is 0.295 e. The van der Waals surface area contributed by atoms with E-state index in [4.69, 9.17) is 16.3 Å². The average Bonchev–Trinajstić information content (AvgIpc) is 3.04. The van der Waals surface area contributed by atoms with Crippen LogP contribution in [-0.4, -0.2) is 60.4 Å². The zero-order valence-electron chi connectivity index (χ0n) is 21.4. The Hall–Kier alpha value is -2.83. The number of Topliss-reactive ketones (excluding diaryl/α,β-unsaturated/α-hetero) is 1. The Labute approximate surface area is 213 Å². The molecule has 0 saturated carbocycles. The molecule has 0 radical (unpaired) electrons. The summed E-state index contributed by atoms with van der Waals surface area (Å²) in [5.41, 5.74) is 2.32. The molecule has 1 amide bonds. The fraction of sp³-hybridized carbons (Fsp3) is 0.429. The largest absolute Gasteiger partial charge is 0.507 e. The molecule has 1 aliphatic heterocycles. The number of amides is 1. The molecule has 1 fully saturated rings. The van der Waals surface area contributed by atoms with Crippen LogP contribution in [0.3, 0.4) is 0 Å². The molecule has 1 unspecified atom stereocenters.